The summed E-state index contributed by atoms with van der Waals surface area (Å²) in [5.41, 5.74) is 2.26. The topological polar surface area (TPSA) is 88.2 Å². The average Bonchev–Trinajstić information content (AvgIpc) is 3.02. The number of nitrogens with one attached hydrogen (secondary N) is 1. The highest BCUT2D eigenvalue weighted by atomic mass is 35.5. The normalized spacial score (nSPS) is 15.8. The monoisotopic (exact) mass is 410 g/mol. The number of amides is 1. The van der Waals surface area contributed by atoms with Crippen LogP contribution in [0.25, 0.3) is 10.7 Å². The first-order valence-electron chi connectivity index (χ1n) is 8.84. The van der Waals surface area contributed by atoms with E-state index < -0.39 is 5.60 Å². The highest BCUT2D eigenvalue weighted by Crippen LogP contribution is 2.32. The zero-order chi connectivity index (χ0) is 19.8. The Hall–Kier alpha value is -1.93. The van der Waals surface area contributed by atoms with Gasteiger partial charge in [-0.15, -0.1) is 11.3 Å². The number of rotatable bonds is 2. The van der Waals surface area contributed by atoms with Crippen LogP contribution < -0.4 is 5.56 Å². The van der Waals surface area contributed by atoms with Crippen LogP contribution in [0.15, 0.2) is 10.3 Å². The van der Waals surface area contributed by atoms with Gasteiger partial charge in [0, 0.05) is 19.0 Å². The highest BCUT2D eigenvalue weighted by Gasteiger charge is 2.30. The minimum Gasteiger partial charge on any atom is -0.444 e. The number of carbonyl (C=O) groups is 1. The maximum atomic E-state index is 12.3. The van der Waals surface area contributed by atoms with Gasteiger partial charge in [-0.1, -0.05) is 11.6 Å². The summed E-state index contributed by atoms with van der Waals surface area (Å²) in [7, 11) is 0. The molecule has 27 heavy (non-hydrogen) atoms. The maximum Gasteiger partial charge on any atom is 0.410 e. The van der Waals surface area contributed by atoms with Crippen LogP contribution in [0.1, 0.15) is 50.9 Å². The lowest BCUT2D eigenvalue weighted by Crippen LogP contribution is -2.41. The van der Waals surface area contributed by atoms with Gasteiger partial charge < -0.3 is 14.6 Å². The van der Waals surface area contributed by atoms with E-state index in [2.05, 4.69) is 15.0 Å². The summed E-state index contributed by atoms with van der Waals surface area (Å²) < 4.78 is 5.43. The first-order chi connectivity index (χ1) is 12.7. The number of nitrogens with zero attached hydrogens (tertiary/aromatic N) is 3. The van der Waals surface area contributed by atoms with Crippen molar-refractivity contribution in [3.8, 4) is 10.7 Å². The number of likely N-dealkylation sites (tertiary alicyclic amines) is 1. The summed E-state index contributed by atoms with van der Waals surface area (Å²) in [4.78, 5) is 38.6. The first kappa shape index (κ1) is 19.8. The molecule has 2 aromatic heterocycles. The molecule has 0 spiro atoms. The molecule has 0 atom stereocenters. The van der Waals surface area contributed by atoms with Crippen molar-refractivity contribution in [2.24, 2.45) is 0 Å². The smallest absolute Gasteiger partial charge is 0.410 e. The first-order valence-corrected chi connectivity index (χ1v) is 10.1. The number of hydrogen-bond acceptors (Lipinski definition) is 6. The van der Waals surface area contributed by atoms with Crippen LogP contribution in [0.3, 0.4) is 0 Å². The van der Waals surface area contributed by atoms with Crippen molar-refractivity contribution < 1.29 is 9.53 Å². The predicted octanol–water partition coefficient (Wildman–Crippen LogP) is 3.97. The van der Waals surface area contributed by atoms with Gasteiger partial charge in [-0.05, 0) is 40.5 Å². The molecule has 0 bridgehead atoms. The standard InChI is InChI=1S/C18H23ClN4O3S/c1-10-14(27-9-20-10)15-21-13(12(19)16(24)22-15)11-5-7-23(8-6-11)17(25)26-18(2,3)4/h9,11H,5-8H2,1-4H3,(H,21,22,24). The quantitative estimate of drug-likeness (QED) is 0.809. The van der Waals surface area contributed by atoms with Gasteiger partial charge in [0.2, 0.25) is 0 Å². The van der Waals surface area contributed by atoms with Crippen LogP contribution in [-0.4, -0.2) is 44.6 Å². The minimum absolute atomic E-state index is 0.0189. The third kappa shape index (κ3) is 4.50. The van der Waals surface area contributed by atoms with E-state index in [9.17, 15) is 9.59 Å². The van der Waals surface area contributed by atoms with Gasteiger partial charge in [0.1, 0.15) is 10.6 Å². The number of ether oxygens (including phenoxy) is 1. The number of piperidine rings is 1. The molecule has 7 nitrogen and oxygen atoms in total. The van der Waals surface area contributed by atoms with E-state index in [4.69, 9.17) is 16.3 Å². The molecule has 3 heterocycles. The molecule has 1 saturated heterocycles. The third-order valence-corrected chi connectivity index (χ3v) is 5.68. The molecule has 1 N–H and O–H groups in total. The number of H-pyrrole nitrogens is 1. The second-order valence-corrected chi connectivity index (χ2v) is 8.86. The van der Waals surface area contributed by atoms with E-state index in [1.54, 1.807) is 10.4 Å². The second kappa shape index (κ2) is 7.59. The van der Waals surface area contributed by atoms with Crippen molar-refractivity contribution in [3.05, 3.63) is 32.3 Å². The summed E-state index contributed by atoms with van der Waals surface area (Å²) in [6, 6.07) is 0. The molecule has 0 radical (unpaired) electrons. The van der Waals surface area contributed by atoms with Crippen molar-refractivity contribution in [2.45, 2.75) is 52.1 Å². The number of aromatic amines is 1. The van der Waals surface area contributed by atoms with Crippen LogP contribution in [0, 0.1) is 6.92 Å². The molecule has 146 valence electrons. The Morgan fingerprint density at radius 3 is 2.59 bits per heavy atom. The Kier molecular flexibility index (Phi) is 5.58. The van der Waals surface area contributed by atoms with Crippen LogP contribution >= 0.6 is 22.9 Å². The molecule has 0 saturated carbocycles. The van der Waals surface area contributed by atoms with Crippen molar-refractivity contribution >= 4 is 29.0 Å². The summed E-state index contributed by atoms with van der Waals surface area (Å²) in [6.07, 6.45) is 1.04. The number of aryl methyl sites for hydroxylation is 1. The van der Waals surface area contributed by atoms with Gasteiger partial charge in [0.15, 0.2) is 5.82 Å². The molecule has 1 aliphatic rings. The average molecular weight is 411 g/mol. The van der Waals surface area contributed by atoms with Crippen molar-refractivity contribution in [1.29, 1.82) is 0 Å². The Morgan fingerprint density at radius 1 is 1.37 bits per heavy atom. The van der Waals surface area contributed by atoms with Gasteiger partial charge in [0.05, 0.1) is 21.8 Å². The van der Waals surface area contributed by atoms with Gasteiger partial charge >= 0.3 is 6.09 Å². The molecular formula is C18H23ClN4O3S. The van der Waals surface area contributed by atoms with Crippen molar-refractivity contribution in [2.75, 3.05) is 13.1 Å². The lowest BCUT2D eigenvalue weighted by molar-refractivity contribution is 0.0204. The summed E-state index contributed by atoms with van der Waals surface area (Å²) in [5, 5.41) is 0.122. The van der Waals surface area contributed by atoms with Crippen molar-refractivity contribution in [1.82, 2.24) is 19.9 Å². The third-order valence-electron chi connectivity index (χ3n) is 4.38. The summed E-state index contributed by atoms with van der Waals surface area (Å²) in [6.45, 7) is 8.50. The highest BCUT2D eigenvalue weighted by molar-refractivity contribution is 7.13. The molecule has 3 rings (SSSR count). The molecule has 0 aliphatic carbocycles. The van der Waals surface area contributed by atoms with Crippen LogP contribution in [0.2, 0.25) is 5.02 Å². The lowest BCUT2D eigenvalue weighted by atomic mass is 9.93. The number of thiazole rings is 1. The Bertz CT molecular complexity index is 895. The van der Waals surface area contributed by atoms with E-state index in [1.807, 2.05) is 27.7 Å². The Balaban J connectivity index is 1.78. The van der Waals surface area contributed by atoms with E-state index in [0.717, 1.165) is 10.6 Å². The fourth-order valence-corrected chi connectivity index (χ4v) is 4.04. The van der Waals surface area contributed by atoms with E-state index >= 15 is 0 Å². The summed E-state index contributed by atoms with van der Waals surface area (Å²) in [5.74, 6) is 0.513. The molecular weight excluding hydrogens is 388 g/mol. The number of halogens is 1. The molecule has 9 heteroatoms. The molecule has 1 amide bonds. The van der Waals surface area contributed by atoms with Crippen molar-refractivity contribution in [3.63, 3.8) is 0 Å². The van der Waals surface area contributed by atoms with E-state index in [0.29, 0.717) is 37.4 Å². The summed E-state index contributed by atoms with van der Waals surface area (Å²) >= 11 is 7.69. The SMILES string of the molecule is Cc1ncsc1-c1nc(C2CCN(C(=O)OC(C)(C)C)CC2)c(Cl)c(=O)[nH]1. The van der Waals surface area contributed by atoms with Gasteiger partial charge in [-0.3, -0.25) is 4.79 Å². The van der Waals surface area contributed by atoms with Crippen LogP contribution in [0.5, 0.6) is 0 Å². The van der Waals surface area contributed by atoms with Crippen LogP contribution in [-0.2, 0) is 4.74 Å². The Labute approximate surface area is 166 Å². The largest absolute Gasteiger partial charge is 0.444 e. The Morgan fingerprint density at radius 2 is 2.04 bits per heavy atom. The molecule has 2 aromatic rings. The zero-order valence-electron chi connectivity index (χ0n) is 15.8. The number of carbonyl (C=O) groups excluding carboxylic acids is 1. The fourth-order valence-electron chi connectivity index (χ4n) is 3.05. The zero-order valence-corrected chi connectivity index (χ0v) is 17.4. The van der Waals surface area contributed by atoms with Gasteiger partial charge in [-0.2, -0.15) is 0 Å². The van der Waals surface area contributed by atoms with Gasteiger partial charge in [-0.25, -0.2) is 14.8 Å². The van der Waals surface area contributed by atoms with E-state index in [1.165, 1.54) is 11.3 Å². The van der Waals surface area contributed by atoms with E-state index in [-0.39, 0.29) is 22.6 Å². The fraction of sp³-hybridized carbons (Fsp3) is 0.556. The lowest BCUT2D eigenvalue weighted by Gasteiger charge is -2.33. The molecule has 0 unspecified atom stereocenters. The molecule has 1 fully saturated rings. The number of aromatic nitrogens is 3. The predicted molar refractivity (Wildman–Crippen MR) is 105 cm³/mol. The van der Waals surface area contributed by atoms with Gasteiger partial charge in [0.25, 0.3) is 5.56 Å². The molecule has 0 aromatic carbocycles. The van der Waals surface area contributed by atoms with Crippen LogP contribution in [0.4, 0.5) is 4.79 Å². The maximum absolute atomic E-state index is 12.3. The second-order valence-electron chi connectivity index (χ2n) is 7.62. The minimum atomic E-state index is -0.521. The molecule has 1 aliphatic heterocycles. The number of hydrogen-bond donors (Lipinski definition) is 1.